The van der Waals surface area contributed by atoms with E-state index in [0.717, 1.165) is 35.4 Å². The SMILES string of the molecule is N#CCc1ccc(OCc2ccccc2NC(=O)CCCc2ccccc2)cc1. The molecule has 0 radical (unpaired) electrons. The molecule has 0 fully saturated rings. The molecule has 29 heavy (non-hydrogen) atoms. The van der Waals surface area contributed by atoms with Crippen molar-refractivity contribution in [3.63, 3.8) is 0 Å². The van der Waals surface area contributed by atoms with Crippen LogP contribution in [-0.2, 0) is 24.2 Å². The van der Waals surface area contributed by atoms with Gasteiger partial charge in [0.1, 0.15) is 12.4 Å². The number of rotatable bonds is 9. The molecule has 0 atom stereocenters. The lowest BCUT2D eigenvalue weighted by atomic mass is 10.1. The number of carbonyl (C=O) groups excluding carboxylic acids is 1. The molecule has 1 N–H and O–H groups in total. The highest BCUT2D eigenvalue weighted by atomic mass is 16.5. The summed E-state index contributed by atoms with van der Waals surface area (Å²) in [5, 5.41) is 11.7. The molecule has 0 spiro atoms. The lowest BCUT2D eigenvalue weighted by Gasteiger charge is -2.12. The van der Waals surface area contributed by atoms with Crippen molar-refractivity contribution in [3.05, 3.63) is 95.6 Å². The minimum atomic E-state index is 0.00855. The summed E-state index contributed by atoms with van der Waals surface area (Å²) < 4.78 is 5.85. The molecular weight excluding hydrogens is 360 g/mol. The molecule has 0 aromatic heterocycles. The van der Waals surface area contributed by atoms with Crippen molar-refractivity contribution < 1.29 is 9.53 Å². The van der Waals surface area contributed by atoms with Gasteiger partial charge in [-0.15, -0.1) is 0 Å². The Morgan fingerprint density at radius 3 is 2.38 bits per heavy atom. The standard InChI is InChI=1S/C25H24N2O2/c26-18-17-21-13-15-23(16-14-21)29-19-22-10-4-5-11-24(22)27-25(28)12-6-9-20-7-2-1-3-8-20/h1-5,7-8,10-11,13-16H,6,9,12,17,19H2,(H,27,28). The summed E-state index contributed by atoms with van der Waals surface area (Å²) in [6.45, 7) is 0.359. The number of nitriles is 1. The number of hydrogen-bond donors (Lipinski definition) is 1. The second kappa shape index (κ2) is 10.7. The molecule has 0 heterocycles. The van der Waals surface area contributed by atoms with Gasteiger partial charge >= 0.3 is 0 Å². The van der Waals surface area contributed by atoms with Gasteiger partial charge < -0.3 is 10.1 Å². The number of aryl methyl sites for hydroxylation is 1. The van der Waals surface area contributed by atoms with E-state index >= 15 is 0 Å². The molecule has 1 amide bonds. The van der Waals surface area contributed by atoms with Gasteiger partial charge in [0.05, 0.1) is 12.5 Å². The maximum Gasteiger partial charge on any atom is 0.224 e. The zero-order valence-corrected chi connectivity index (χ0v) is 16.3. The van der Waals surface area contributed by atoms with Gasteiger partial charge in [-0.2, -0.15) is 5.26 Å². The van der Waals surface area contributed by atoms with Crippen LogP contribution < -0.4 is 10.1 Å². The molecule has 0 bridgehead atoms. The second-order valence-corrected chi connectivity index (χ2v) is 6.81. The van der Waals surface area contributed by atoms with E-state index in [2.05, 4.69) is 23.5 Å². The lowest BCUT2D eigenvalue weighted by Crippen LogP contribution is -2.13. The van der Waals surface area contributed by atoms with Crippen LogP contribution in [0.1, 0.15) is 29.5 Å². The average molecular weight is 384 g/mol. The minimum absolute atomic E-state index is 0.00855. The number of anilines is 1. The summed E-state index contributed by atoms with van der Waals surface area (Å²) in [6, 6.07) is 27.5. The molecule has 0 saturated carbocycles. The first-order chi connectivity index (χ1) is 14.2. The Morgan fingerprint density at radius 1 is 0.897 bits per heavy atom. The monoisotopic (exact) mass is 384 g/mol. The predicted octanol–water partition coefficient (Wildman–Crippen LogP) is 5.29. The number of hydrogen-bond acceptors (Lipinski definition) is 3. The highest BCUT2D eigenvalue weighted by Gasteiger charge is 2.08. The largest absolute Gasteiger partial charge is 0.489 e. The molecule has 4 nitrogen and oxygen atoms in total. The van der Waals surface area contributed by atoms with Crippen LogP contribution in [0.5, 0.6) is 5.75 Å². The maximum atomic E-state index is 12.3. The van der Waals surface area contributed by atoms with Crippen molar-refractivity contribution >= 4 is 11.6 Å². The number of benzene rings is 3. The summed E-state index contributed by atoms with van der Waals surface area (Å²) in [5.74, 6) is 0.741. The van der Waals surface area contributed by atoms with Gasteiger partial charge in [0.15, 0.2) is 0 Å². The quantitative estimate of drug-likeness (QED) is 0.545. The fourth-order valence-electron chi connectivity index (χ4n) is 3.03. The van der Waals surface area contributed by atoms with Crippen LogP contribution in [0.4, 0.5) is 5.69 Å². The van der Waals surface area contributed by atoms with Crippen molar-refractivity contribution in [3.8, 4) is 11.8 Å². The van der Waals surface area contributed by atoms with E-state index in [1.54, 1.807) is 0 Å². The van der Waals surface area contributed by atoms with Crippen molar-refractivity contribution in [2.75, 3.05) is 5.32 Å². The van der Waals surface area contributed by atoms with Crippen molar-refractivity contribution in [1.29, 1.82) is 5.26 Å². The molecule has 0 unspecified atom stereocenters. The number of nitrogens with zero attached hydrogens (tertiary/aromatic N) is 1. The summed E-state index contributed by atoms with van der Waals surface area (Å²) in [7, 11) is 0. The van der Waals surface area contributed by atoms with Crippen LogP contribution in [0.3, 0.4) is 0 Å². The highest BCUT2D eigenvalue weighted by Crippen LogP contribution is 2.20. The molecule has 4 heteroatoms. The second-order valence-electron chi connectivity index (χ2n) is 6.81. The molecule has 0 aliphatic rings. The molecule has 3 aromatic rings. The topological polar surface area (TPSA) is 62.1 Å². The fraction of sp³-hybridized carbons (Fsp3) is 0.200. The van der Waals surface area contributed by atoms with E-state index in [4.69, 9.17) is 10.00 Å². The number of para-hydroxylation sites is 1. The zero-order chi connectivity index (χ0) is 20.3. The molecule has 0 aliphatic carbocycles. The normalized spacial score (nSPS) is 10.2. The van der Waals surface area contributed by atoms with Gasteiger partial charge in [0.2, 0.25) is 5.91 Å². The van der Waals surface area contributed by atoms with Crippen LogP contribution in [0, 0.1) is 11.3 Å². The average Bonchev–Trinajstić information content (AvgIpc) is 2.75. The van der Waals surface area contributed by atoms with Crippen LogP contribution in [0.2, 0.25) is 0 Å². The van der Waals surface area contributed by atoms with Gasteiger partial charge in [0.25, 0.3) is 0 Å². The number of amides is 1. The molecule has 0 aliphatic heterocycles. The Morgan fingerprint density at radius 2 is 1.62 bits per heavy atom. The van der Waals surface area contributed by atoms with Gasteiger partial charge in [-0.05, 0) is 42.2 Å². The van der Waals surface area contributed by atoms with Crippen LogP contribution in [0.15, 0.2) is 78.9 Å². The van der Waals surface area contributed by atoms with E-state index in [9.17, 15) is 4.79 Å². The van der Waals surface area contributed by atoms with E-state index < -0.39 is 0 Å². The lowest BCUT2D eigenvalue weighted by molar-refractivity contribution is -0.116. The molecular formula is C25H24N2O2. The van der Waals surface area contributed by atoms with Gasteiger partial charge in [-0.1, -0.05) is 60.7 Å². The van der Waals surface area contributed by atoms with E-state index in [-0.39, 0.29) is 5.91 Å². The van der Waals surface area contributed by atoms with Crippen LogP contribution in [-0.4, -0.2) is 5.91 Å². The third kappa shape index (κ3) is 6.51. The summed E-state index contributed by atoms with van der Waals surface area (Å²) in [6.07, 6.45) is 2.56. The third-order valence-corrected chi connectivity index (χ3v) is 4.60. The first-order valence-electron chi connectivity index (χ1n) is 9.75. The summed E-state index contributed by atoms with van der Waals surface area (Å²) >= 11 is 0. The molecule has 146 valence electrons. The smallest absolute Gasteiger partial charge is 0.224 e. The molecule has 3 aromatic carbocycles. The summed E-state index contributed by atoms with van der Waals surface area (Å²) in [5.41, 5.74) is 3.90. The minimum Gasteiger partial charge on any atom is -0.489 e. The van der Waals surface area contributed by atoms with Crippen molar-refractivity contribution in [1.82, 2.24) is 0 Å². The third-order valence-electron chi connectivity index (χ3n) is 4.60. The number of nitrogens with one attached hydrogen (secondary N) is 1. The van der Waals surface area contributed by atoms with E-state index in [0.29, 0.717) is 19.4 Å². The zero-order valence-electron chi connectivity index (χ0n) is 16.3. The maximum absolute atomic E-state index is 12.3. The van der Waals surface area contributed by atoms with Gasteiger partial charge in [0, 0.05) is 17.7 Å². The fourth-order valence-corrected chi connectivity index (χ4v) is 3.03. The Balaban J connectivity index is 1.51. The Hall–Kier alpha value is -3.58. The highest BCUT2D eigenvalue weighted by molar-refractivity contribution is 5.91. The van der Waals surface area contributed by atoms with Gasteiger partial charge in [-0.3, -0.25) is 4.79 Å². The van der Waals surface area contributed by atoms with Crippen LogP contribution >= 0.6 is 0 Å². The van der Waals surface area contributed by atoms with Crippen molar-refractivity contribution in [2.45, 2.75) is 32.3 Å². The molecule has 3 rings (SSSR count). The Bertz CT molecular complexity index is 960. The number of carbonyl (C=O) groups is 1. The summed E-state index contributed by atoms with van der Waals surface area (Å²) in [4.78, 5) is 12.3. The van der Waals surface area contributed by atoms with Crippen LogP contribution in [0.25, 0.3) is 0 Å². The molecule has 0 saturated heterocycles. The first kappa shape index (κ1) is 20.2. The Kier molecular flexibility index (Phi) is 7.42. The first-order valence-corrected chi connectivity index (χ1v) is 9.75. The van der Waals surface area contributed by atoms with E-state index in [1.165, 1.54) is 5.56 Å². The van der Waals surface area contributed by atoms with Gasteiger partial charge in [-0.25, -0.2) is 0 Å². The Labute approximate surface area is 171 Å². The van der Waals surface area contributed by atoms with E-state index in [1.807, 2.05) is 66.7 Å². The van der Waals surface area contributed by atoms with Crippen molar-refractivity contribution in [2.24, 2.45) is 0 Å². The predicted molar refractivity (Wildman–Crippen MR) is 115 cm³/mol. The number of ether oxygens (including phenoxy) is 1.